The quantitative estimate of drug-likeness (QED) is 0.700. The van der Waals surface area contributed by atoms with E-state index < -0.39 is 0 Å². The first-order chi connectivity index (χ1) is 9.93. The molecule has 1 rings (SSSR count). The molecule has 1 saturated heterocycles. The minimum absolute atomic E-state index is 0.0193. The zero-order valence-electron chi connectivity index (χ0n) is 14.0. The molecule has 4 nitrogen and oxygen atoms in total. The second-order valence-corrected chi connectivity index (χ2v) is 7.54. The van der Waals surface area contributed by atoms with Gasteiger partial charge in [0.1, 0.15) is 12.1 Å². The Morgan fingerprint density at radius 1 is 1.24 bits per heavy atom. The number of hydrogen-bond donors (Lipinski definition) is 1. The highest BCUT2D eigenvalue weighted by Gasteiger charge is 2.43. The third kappa shape index (κ3) is 4.63. The fourth-order valence-corrected chi connectivity index (χ4v) is 3.35. The molecule has 0 aromatic carbocycles. The summed E-state index contributed by atoms with van der Waals surface area (Å²) in [4.78, 5) is 27.0. The first kappa shape index (κ1) is 18.3. The monoisotopic (exact) mass is 314 g/mol. The molecular weight excluding hydrogens is 284 g/mol. The number of carbonyl (C=O) groups is 2. The van der Waals surface area contributed by atoms with Gasteiger partial charge in [-0.3, -0.25) is 9.59 Å². The van der Waals surface area contributed by atoms with E-state index in [2.05, 4.69) is 26.1 Å². The molecule has 1 aliphatic rings. The highest BCUT2D eigenvalue weighted by atomic mass is 32.2. The summed E-state index contributed by atoms with van der Waals surface area (Å²) in [5.74, 6) is 2.58. The van der Waals surface area contributed by atoms with Gasteiger partial charge in [0.15, 0.2) is 0 Å². The van der Waals surface area contributed by atoms with Crippen LogP contribution in [0.5, 0.6) is 0 Å². The van der Waals surface area contributed by atoms with Crippen molar-refractivity contribution in [1.29, 1.82) is 0 Å². The Kier molecular flexibility index (Phi) is 7.57. The van der Waals surface area contributed by atoms with Gasteiger partial charge in [0.05, 0.1) is 0 Å². The average Bonchev–Trinajstić information content (AvgIpc) is 2.45. The molecule has 0 radical (unpaired) electrons. The summed E-state index contributed by atoms with van der Waals surface area (Å²) in [5.41, 5.74) is 0. The average molecular weight is 314 g/mol. The molecule has 122 valence electrons. The van der Waals surface area contributed by atoms with Crippen molar-refractivity contribution in [3.05, 3.63) is 0 Å². The molecule has 0 aromatic heterocycles. The number of nitrogens with one attached hydrogen (secondary N) is 1. The Bertz CT molecular complexity index is 360. The lowest BCUT2D eigenvalue weighted by atomic mass is 9.90. The molecular formula is C16H30N2O2S. The number of amides is 2. The first-order valence-corrected chi connectivity index (χ1v) is 9.28. The Morgan fingerprint density at radius 3 is 2.43 bits per heavy atom. The standard InChI is InChI=1S/C16H30N2O2S/c1-6-12(5)14-15(19)17-13(11(3)4)16(20)18(14)9-8-10-21-7-2/h11-14H,6-10H2,1-5H3,(H,17,19). The zero-order valence-corrected chi connectivity index (χ0v) is 14.8. The molecule has 21 heavy (non-hydrogen) atoms. The van der Waals surface area contributed by atoms with Crippen LogP contribution in [-0.2, 0) is 9.59 Å². The van der Waals surface area contributed by atoms with E-state index in [1.165, 1.54) is 0 Å². The molecule has 3 atom stereocenters. The lowest BCUT2D eigenvalue weighted by Crippen LogP contribution is -2.66. The predicted octanol–water partition coefficient (Wildman–Crippen LogP) is 2.53. The van der Waals surface area contributed by atoms with Gasteiger partial charge in [-0.1, -0.05) is 41.0 Å². The van der Waals surface area contributed by atoms with Gasteiger partial charge in [0.25, 0.3) is 0 Å². The summed E-state index contributed by atoms with van der Waals surface area (Å²) in [5, 5.41) is 2.93. The van der Waals surface area contributed by atoms with Crippen molar-refractivity contribution < 1.29 is 9.59 Å². The van der Waals surface area contributed by atoms with Crippen LogP contribution in [0.2, 0.25) is 0 Å². The van der Waals surface area contributed by atoms with Crippen molar-refractivity contribution in [2.75, 3.05) is 18.1 Å². The Morgan fingerprint density at radius 2 is 1.90 bits per heavy atom. The van der Waals surface area contributed by atoms with E-state index in [-0.39, 0.29) is 35.7 Å². The van der Waals surface area contributed by atoms with Crippen LogP contribution in [0.3, 0.4) is 0 Å². The van der Waals surface area contributed by atoms with E-state index in [0.29, 0.717) is 6.54 Å². The number of carbonyl (C=O) groups excluding carboxylic acids is 2. The minimum Gasteiger partial charge on any atom is -0.342 e. The number of rotatable bonds is 8. The fourth-order valence-electron chi connectivity index (χ4n) is 2.73. The molecule has 0 bridgehead atoms. The SMILES string of the molecule is CCSCCCN1C(=O)C(C(C)C)NC(=O)C1C(C)CC. The second-order valence-electron chi connectivity index (χ2n) is 6.14. The molecule has 0 aromatic rings. The van der Waals surface area contributed by atoms with Gasteiger partial charge in [-0.15, -0.1) is 0 Å². The van der Waals surface area contributed by atoms with Crippen LogP contribution in [0.1, 0.15) is 47.5 Å². The Balaban J connectivity index is 2.84. The molecule has 2 amide bonds. The smallest absolute Gasteiger partial charge is 0.246 e. The lowest BCUT2D eigenvalue weighted by Gasteiger charge is -2.42. The summed E-state index contributed by atoms with van der Waals surface area (Å²) >= 11 is 1.88. The van der Waals surface area contributed by atoms with Gasteiger partial charge in [-0.25, -0.2) is 0 Å². The molecule has 1 N–H and O–H groups in total. The van der Waals surface area contributed by atoms with E-state index in [9.17, 15) is 9.59 Å². The molecule has 0 saturated carbocycles. The lowest BCUT2D eigenvalue weighted by molar-refractivity contribution is -0.152. The van der Waals surface area contributed by atoms with Crippen LogP contribution in [0.4, 0.5) is 0 Å². The fraction of sp³-hybridized carbons (Fsp3) is 0.875. The van der Waals surface area contributed by atoms with E-state index in [1.54, 1.807) is 0 Å². The van der Waals surface area contributed by atoms with Crippen LogP contribution < -0.4 is 5.32 Å². The highest BCUT2D eigenvalue weighted by molar-refractivity contribution is 7.99. The third-order valence-corrected chi connectivity index (χ3v) is 5.18. The highest BCUT2D eigenvalue weighted by Crippen LogP contribution is 2.23. The topological polar surface area (TPSA) is 49.4 Å². The molecule has 1 aliphatic heterocycles. The predicted molar refractivity (Wildman–Crippen MR) is 89.3 cm³/mol. The Labute approximate surface area is 133 Å². The van der Waals surface area contributed by atoms with Gasteiger partial charge < -0.3 is 10.2 Å². The van der Waals surface area contributed by atoms with E-state index >= 15 is 0 Å². The molecule has 0 aliphatic carbocycles. The second kappa shape index (κ2) is 8.66. The van der Waals surface area contributed by atoms with Gasteiger partial charge in [0.2, 0.25) is 11.8 Å². The summed E-state index contributed by atoms with van der Waals surface area (Å²) in [7, 11) is 0. The van der Waals surface area contributed by atoms with Crippen molar-refractivity contribution in [1.82, 2.24) is 10.2 Å². The molecule has 3 unspecified atom stereocenters. The maximum absolute atomic E-state index is 12.7. The summed E-state index contributed by atoms with van der Waals surface area (Å²) in [6, 6.07) is -0.666. The third-order valence-electron chi connectivity index (χ3n) is 4.19. The van der Waals surface area contributed by atoms with E-state index in [1.807, 2.05) is 30.5 Å². The maximum Gasteiger partial charge on any atom is 0.246 e. The van der Waals surface area contributed by atoms with Gasteiger partial charge >= 0.3 is 0 Å². The number of nitrogens with zero attached hydrogens (tertiary/aromatic N) is 1. The largest absolute Gasteiger partial charge is 0.342 e. The van der Waals surface area contributed by atoms with Gasteiger partial charge in [0, 0.05) is 6.54 Å². The van der Waals surface area contributed by atoms with Crippen LogP contribution >= 0.6 is 11.8 Å². The summed E-state index contributed by atoms with van der Waals surface area (Å²) in [6.45, 7) is 10.9. The van der Waals surface area contributed by atoms with Gasteiger partial charge in [-0.05, 0) is 29.8 Å². The number of hydrogen-bond acceptors (Lipinski definition) is 3. The van der Waals surface area contributed by atoms with Gasteiger partial charge in [-0.2, -0.15) is 11.8 Å². The van der Waals surface area contributed by atoms with Crippen LogP contribution in [0.15, 0.2) is 0 Å². The normalized spacial score (nSPS) is 24.4. The van der Waals surface area contributed by atoms with E-state index in [0.717, 1.165) is 24.3 Å². The van der Waals surface area contributed by atoms with Crippen molar-refractivity contribution in [3.8, 4) is 0 Å². The number of piperazine rings is 1. The molecule has 5 heteroatoms. The van der Waals surface area contributed by atoms with Crippen LogP contribution in [-0.4, -0.2) is 46.8 Å². The molecule has 1 heterocycles. The summed E-state index contributed by atoms with van der Waals surface area (Å²) in [6.07, 6.45) is 1.85. The van der Waals surface area contributed by atoms with Crippen molar-refractivity contribution in [3.63, 3.8) is 0 Å². The molecule has 1 fully saturated rings. The minimum atomic E-state index is -0.364. The van der Waals surface area contributed by atoms with Crippen molar-refractivity contribution in [2.24, 2.45) is 11.8 Å². The maximum atomic E-state index is 12.7. The van der Waals surface area contributed by atoms with Crippen LogP contribution in [0.25, 0.3) is 0 Å². The summed E-state index contributed by atoms with van der Waals surface area (Å²) < 4.78 is 0. The molecule has 0 spiro atoms. The van der Waals surface area contributed by atoms with Crippen molar-refractivity contribution >= 4 is 23.6 Å². The zero-order chi connectivity index (χ0) is 16.0. The number of thioether (sulfide) groups is 1. The first-order valence-electron chi connectivity index (χ1n) is 8.12. The van der Waals surface area contributed by atoms with Crippen LogP contribution in [0, 0.1) is 11.8 Å². The van der Waals surface area contributed by atoms with E-state index in [4.69, 9.17) is 0 Å². The van der Waals surface area contributed by atoms with Crippen molar-refractivity contribution in [2.45, 2.75) is 59.5 Å². The Hall–Kier alpha value is -0.710.